The predicted molar refractivity (Wildman–Crippen MR) is 109 cm³/mol. The minimum atomic E-state index is -0.548. The molecular formula is C19H22Cl2N4O2. The largest absolute Gasteiger partial charge is 0.391 e. The van der Waals surface area contributed by atoms with Crippen LogP contribution >= 0.6 is 24.8 Å². The number of aromatic nitrogens is 3. The van der Waals surface area contributed by atoms with Crippen LogP contribution in [0.25, 0.3) is 11.0 Å². The van der Waals surface area contributed by atoms with Crippen molar-refractivity contribution in [2.75, 3.05) is 0 Å². The molecule has 27 heavy (non-hydrogen) atoms. The number of nitrogens with zero attached hydrogens (tertiary/aromatic N) is 2. The molecule has 0 saturated heterocycles. The van der Waals surface area contributed by atoms with E-state index in [0.717, 1.165) is 18.5 Å². The van der Waals surface area contributed by atoms with Gasteiger partial charge in [-0.25, -0.2) is 0 Å². The number of aromatic amines is 1. The molecule has 1 aliphatic heterocycles. The van der Waals surface area contributed by atoms with Crippen molar-refractivity contribution in [2.45, 2.75) is 38.0 Å². The summed E-state index contributed by atoms with van der Waals surface area (Å²) in [6.07, 6.45) is 0.990. The lowest BCUT2D eigenvalue weighted by Gasteiger charge is -2.29. The first-order valence-corrected chi connectivity index (χ1v) is 8.52. The second kappa shape index (κ2) is 9.28. The fourth-order valence-electron chi connectivity index (χ4n) is 3.39. The van der Waals surface area contributed by atoms with Crippen LogP contribution in [0.1, 0.15) is 34.3 Å². The molecule has 3 aromatic rings. The van der Waals surface area contributed by atoms with Crippen LogP contribution in [0.3, 0.4) is 0 Å². The monoisotopic (exact) mass is 408 g/mol. The number of rotatable bonds is 5. The van der Waals surface area contributed by atoms with E-state index in [4.69, 9.17) is 0 Å². The number of halogens is 2. The van der Waals surface area contributed by atoms with Crippen LogP contribution < -0.4 is 5.32 Å². The van der Waals surface area contributed by atoms with Crippen molar-refractivity contribution < 1.29 is 9.90 Å². The first kappa shape index (κ1) is 21.3. The number of ketones is 1. The molecule has 1 aromatic heterocycles. The van der Waals surface area contributed by atoms with Crippen molar-refractivity contribution in [3.8, 4) is 0 Å². The van der Waals surface area contributed by atoms with Gasteiger partial charge in [-0.15, -0.1) is 24.8 Å². The van der Waals surface area contributed by atoms with Gasteiger partial charge in [0.05, 0.1) is 6.10 Å². The first-order chi connectivity index (χ1) is 12.2. The normalized spacial score (nSPS) is 16.7. The van der Waals surface area contributed by atoms with Crippen molar-refractivity contribution >= 4 is 41.6 Å². The Labute approximate surface area is 169 Å². The lowest BCUT2D eigenvalue weighted by atomic mass is 9.91. The van der Waals surface area contributed by atoms with Crippen LogP contribution in [-0.4, -0.2) is 38.4 Å². The first-order valence-electron chi connectivity index (χ1n) is 8.52. The number of hydrogen-bond donors (Lipinski definition) is 3. The standard InChI is InChI=1S/C19H20N4O2.2ClH/c24-18(13-5-6-15-16(10-13)22-23-21-15)7-8-19(25)17-9-12-3-1-2-4-14(12)11-20-17;;/h1-6,10,17,19-20,25H,7-9,11H2,(H,21,22,23);2*1H/t17-,19+;;/m0../s1. The molecule has 0 aliphatic carbocycles. The van der Waals surface area contributed by atoms with E-state index >= 15 is 0 Å². The Morgan fingerprint density at radius 1 is 1.11 bits per heavy atom. The van der Waals surface area contributed by atoms with E-state index in [9.17, 15) is 9.90 Å². The fraction of sp³-hybridized carbons (Fsp3) is 0.316. The van der Waals surface area contributed by atoms with E-state index < -0.39 is 6.10 Å². The van der Waals surface area contributed by atoms with Crippen LogP contribution in [0.2, 0.25) is 0 Å². The van der Waals surface area contributed by atoms with Crippen molar-refractivity contribution in [3.63, 3.8) is 0 Å². The highest BCUT2D eigenvalue weighted by atomic mass is 35.5. The second-order valence-corrected chi connectivity index (χ2v) is 6.52. The number of H-pyrrole nitrogens is 1. The predicted octanol–water partition coefficient (Wildman–Crippen LogP) is 2.84. The lowest BCUT2D eigenvalue weighted by molar-refractivity contribution is 0.0877. The summed E-state index contributed by atoms with van der Waals surface area (Å²) in [6, 6.07) is 13.5. The number of carbonyl (C=O) groups is 1. The SMILES string of the molecule is Cl.Cl.O=C(CC[C@@H](O)[C@@H]1Cc2ccccc2CN1)c1ccc2n[nH]nc2c1. The van der Waals surface area contributed by atoms with E-state index in [2.05, 4.69) is 32.9 Å². The van der Waals surface area contributed by atoms with Crippen molar-refractivity contribution in [2.24, 2.45) is 0 Å². The number of hydrogen-bond acceptors (Lipinski definition) is 5. The molecule has 8 heteroatoms. The van der Waals surface area contributed by atoms with Gasteiger partial charge in [-0.2, -0.15) is 15.4 Å². The molecule has 4 rings (SSSR count). The molecule has 0 saturated carbocycles. The van der Waals surface area contributed by atoms with Crippen LogP contribution in [0, 0.1) is 0 Å². The number of benzene rings is 2. The van der Waals surface area contributed by atoms with Crippen LogP contribution in [0.5, 0.6) is 0 Å². The number of fused-ring (bicyclic) bond motifs is 2. The zero-order valence-electron chi connectivity index (χ0n) is 14.6. The van der Waals surface area contributed by atoms with E-state index in [1.807, 2.05) is 12.1 Å². The molecule has 144 valence electrons. The van der Waals surface area contributed by atoms with Gasteiger partial charge in [0, 0.05) is 24.6 Å². The Morgan fingerprint density at radius 3 is 2.67 bits per heavy atom. The summed E-state index contributed by atoms with van der Waals surface area (Å²) in [5.41, 5.74) is 4.57. The van der Waals surface area contributed by atoms with Gasteiger partial charge in [0.1, 0.15) is 11.0 Å². The van der Waals surface area contributed by atoms with Gasteiger partial charge >= 0.3 is 0 Å². The Bertz CT molecular complexity index is 915. The maximum atomic E-state index is 12.4. The highest BCUT2D eigenvalue weighted by molar-refractivity contribution is 5.98. The molecule has 0 fully saturated rings. The van der Waals surface area contributed by atoms with Gasteiger partial charge in [-0.1, -0.05) is 24.3 Å². The Morgan fingerprint density at radius 2 is 1.85 bits per heavy atom. The molecule has 0 spiro atoms. The topological polar surface area (TPSA) is 90.9 Å². The van der Waals surface area contributed by atoms with E-state index in [-0.39, 0.29) is 36.6 Å². The zero-order valence-corrected chi connectivity index (χ0v) is 16.2. The lowest BCUT2D eigenvalue weighted by Crippen LogP contribution is -2.44. The quantitative estimate of drug-likeness (QED) is 0.564. The third-order valence-corrected chi connectivity index (χ3v) is 4.88. The van der Waals surface area contributed by atoms with Crippen LogP contribution in [-0.2, 0) is 13.0 Å². The van der Waals surface area contributed by atoms with Crippen molar-refractivity contribution in [1.29, 1.82) is 0 Å². The Hall–Kier alpha value is -1.99. The summed E-state index contributed by atoms with van der Waals surface area (Å²) in [5, 5.41) is 24.4. The number of aliphatic hydroxyl groups excluding tert-OH is 1. The Kier molecular flexibility index (Phi) is 7.33. The van der Waals surface area contributed by atoms with Gasteiger partial charge in [0.25, 0.3) is 0 Å². The molecular weight excluding hydrogens is 387 g/mol. The molecule has 3 N–H and O–H groups in total. The van der Waals surface area contributed by atoms with Gasteiger partial charge < -0.3 is 10.4 Å². The average Bonchev–Trinajstić information content (AvgIpc) is 3.13. The molecule has 0 bridgehead atoms. The van der Waals surface area contributed by atoms with Gasteiger partial charge in [0.15, 0.2) is 5.78 Å². The summed E-state index contributed by atoms with van der Waals surface area (Å²) in [6.45, 7) is 0.759. The van der Waals surface area contributed by atoms with Crippen LogP contribution in [0.15, 0.2) is 42.5 Å². The average molecular weight is 409 g/mol. The Balaban J connectivity index is 0.00000131. The summed E-state index contributed by atoms with van der Waals surface area (Å²) in [4.78, 5) is 12.4. The fourth-order valence-corrected chi connectivity index (χ4v) is 3.39. The maximum Gasteiger partial charge on any atom is 0.163 e. The summed E-state index contributed by atoms with van der Waals surface area (Å²) >= 11 is 0. The highest BCUT2D eigenvalue weighted by Crippen LogP contribution is 2.20. The van der Waals surface area contributed by atoms with Crippen molar-refractivity contribution in [1.82, 2.24) is 20.7 Å². The molecule has 2 atom stereocenters. The molecule has 2 aromatic carbocycles. The summed E-state index contributed by atoms with van der Waals surface area (Å²) < 4.78 is 0. The third kappa shape index (κ3) is 4.65. The second-order valence-electron chi connectivity index (χ2n) is 6.52. The molecule has 0 radical (unpaired) electrons. The smallest absolute Gasteiger partial charge is 0.163 e. The van der Waals surface area contributed by atoms with E-state index in [1.54, 1.807) is 18.2 Å². The molecule has 1 aliphatic rings. The van der Waals surface area contributed by atoms with E-state index in [1.165, 1.54) is 11.1 Å². The maximum absolute atomic E-state index is 12.4. The zero-order chi connectivity index (χ0) is 17.2. The van der Waals surface area contributed by atoms with Gasteiger partial charge in [0.2, 0.25) is 0 Å². The van der Waals surface area contributed by atoms with Gasteiger partial charge in [-0.05, 0) is 42.2 Å². The van der Waals surface area contributed by atoms with Crippen molar-refractivity contribution in [3.05, 3.63) is 59.2 Å². The number of carbonyl (C=O) groups excluding carboxylic acids is 1. The van der Waals surface area contributed by atoms with Gasteiger partial charge in [-0.3, -0.25) is 4.79 Å². The third-order valence-electron chi connectivity index (χ3n) is 4.88. The summed E-state index contributed by atoms with van der Waals surface area (Å²) in [7, 11) is 0. The van der Waals surface area contributed by atoms with E-state index in [0.29, 0.717) is 23.9 Å². The molecule has 2 heterocycles. The highest BCUT2D eigenvalue weighted by Gasteiger charge is 2.24. The summed E-state index contributed by atoms with van der Waals surface area (Å²) in [5.74, 6) is 0.0140. The molecule has 0 amide bonds. The minimum Gasteiger partial charge on any atom is -0.391 e. The minimum absolute atomic E-state index is 0. The van der Waals surface area contributed by atoms with Crippen LogP contribution in [0.4, 0.5) is 0 Å². The number of nitrogens with one attached hydrogen (secondary N) is 2. The number of Topliss-reactive ketones (excluding diaryl/α,β-unsaturated/α-hetero) is 1. The molecule has 6 nitrogen and oxygen atoms in total. The molecule has 0 unspecified atom stereocenters. The number of aliphatic hydroxyl groups is 1.